The highest BCUT2D eigenvalue weighted by molar-refractivity contribution is 7.27. The van der Waals surface area contributed by atoms with E-state index in [1.54, 1.807) is 6.20 Å². The Balaban J connectivity index is 3.43. The number of aromatic nitrogens is 1. The van der Waals surface area contributed by atoms with E-state index in [2.05, 4.69) is 21.1 Å². The lowest BCUT2D eigenvalue weighted by atomic mass is 9.99. The topological polar surface area (TPSA) is 62.5 Å². The van der Waals surface area contributed by atoms with Gasteiger partial charge in [-0.15, -0.1) is 0 Å². The van der Waals surface area contributed by atoms with Gasteiger partial charge in [-0.05, 0) is 56.8 Å². The average Bonchev–Trinajstić information content (AvgIpc) is 2.52. The summed E-state index contributed by atoms with van der Waals surface area (Å²) in [5.41, 5.74) is 1.96. The monoisotopic (exact) mass is 368 g/mol. The fourth-order valence-electron chi connectivity index (χ4n) is 2.97. The Morgan fingerprint density at radius 3 is 2.44 bits per heavy atom. The highest BCUT2D eigenvalue weighted by Gasteiger charge is 2.24. The molecule has 142 valence electrons. The molecule has 0 saturated heterocycles. The van der Waals surface area contributed by atoms with Crippen LogP contribution in [0.5, 0.6) is 0 Å². The molecular weight excluding hydrogens is 335 g/mol. The fraction of sp³-hybridized carbons (Fsp3) is 0.684. The molecule has 1 aromatic heterocycles. The molecule has 0 aliphatic heterocycles. The molecule has 1 aromatic rings. The van der Waals surface area contributed by atoms with Crippen LogP contribution < -0.4 is 10.9 Å². The molecule has 0 aromatic carbocycles. The lowest BCUT2D eigenvalue weighted by molar-refractivity contribution is -0.141. The van der Waals surface area contributed by atoms with Gasteiger partial charge in [0.05, 0.1) is 0 Å². The van der Waals surface area contributed by atoms with Crippen LogP contribution in [0.25, 0.3) is 0 Å². The second-order valence-corrected chi connectivity index (χ2v) is 7.98. The van der Waals surface area contributed by atoms with E-state index in [9.17, 15) is 14.7 Å². The lowest BCUT2D eigenvalue weighted by Gasteiger charge is -2.22. The van der Waals surface area contributed by atoms with Crippen molar-refractivity contribution < 1.29 is 9.90 Å². The normalized spacial score (nSPS) is 12.8. The van der Waals surface area contributed by atoms with Gasteiger partial charge < -0.3 is 14.6 Å². The number of hydrogen-bond acceptors (Lipinski definition) is 3. The maximum Gasteiger partial charge on any atom is 0.326 e. The van der Waals surface area contributed by atoms with Gasteiger partial charge in [0.1, 0.15) is 6.04 Å². The Bertz CT molecular complexity index is 638. The van der Waals surface area contributed by atoms with Crippen molar-refractivity contribution in [1.29, 1.82) is 0 Å². The smallest absolute Gasteiger partial charge is 0.326 e. The predicted octanol–water partition coefficient (Wildman–Crippen LogP) is 2.47. The fourth-order valence-corrected chi connectivity index (χ4v) is 3.44. The number of carboxylic acids is 1. The SMILES string of the molecule is CCCCc1c(CCN(C)C)cn(C(CC(C)C)C(=O)O)c(=O)c1P. The summed E-state index contributed by atoms with van der Waals surface area (Å²) in [6, 6.07) is -0.815. The molecule has 2 atom stereocenters. The van der Waals surface area contributed by atoms with Crippen molar-refractivity contribution in [1.82, 2.24) is 9.47 Å². The zero-order valence-corrected chi connectivity index (χ0v) is 17.4. The van der Waals surface area contributed by atoms with Gasteiger partial charge in [0.25, 0.3) is 5.56 Å². The van der Waals surface area contributed by atoms with E-state index in [0.29, 0.717) is 11.7 Å². The first-order chi connectivity index (χ1) is 11.7. The van der Waals surface area contributed by atoms with Crippen LogP contribution in [0, 0.1) is 5.92 Å². The molecule has 2 unspecified atom stereocenters. The maximum atomic E-state index is 12.8. The van der Waals surface area contributed by atoms with Crippen molar-refractivity contribution in [3.05, 3.63) is 27.7 Å². The summed E-state index contributed by atoms with van der Waals surface area (Å²) in [5.74, 6) is -0.744. The van der Waals surface area contributed by atoms with Crippen LogP contribution in [0.1, 0.15) is 57.2 Å². The Morgan fingerprint density at radius 1 is 1.32 bits per heavy atom. The number of nitrogens with zero attached hydrogens (tertiary/aromatic N) is 2. The maximum absolute atomic E-state index is 12.8. The van der Waals surface area contributed by atoms with Crippen molar-refractivity contribution in [3.63, 3.8) is 0 Å². The second kappa shape index (κ2) is 10.1. The number of aliphatic carboxylic acids is 1. The third kappa shape index (κ3) is 6.23. The number of carbonyl (C=O) groups is 1. The minimum Gasteiger partial charge on any atom is -0.480 e. The van der Waals surface area contributed by atoms with Crippen LogP contribution in [0.15, 0.2) is 11.0 Å². The molecular formula is C19H33N2O3P. The Kier molecular flexibility index (Phi) is 8.81. The zero-order chi connectivity index (χ0) is 19.1. The number of likely N-dealkylation sites (N-methyl/N-ethyl adjacent to an activating group) is 1. The molecule has 1 N–H and O–H groups in total. The largest absolute Gasteiger partial charge is 0.480 e. The summed E-state index contributed by atoms with van der Waals surface area (Å²) in [4.78, 5) is 26.7. The molecule has 0 aliphatic rings. The quantitative estimate of drug-likeness (QED) is 0.645. The van der Waals surface area contributed by atoms with E-state index in [1.807, 2.05) is 27.9 Å². The van der Waals surface area contributed by atoms with Crippen LogP contribution in [0.4, 0.5) is 0 Å². The summed E-state index contributed by atoms with van der Waals surface area (Å²) >= 11 is 0. The minimum atomic E-state index is -0.944. The van der Waals surface area contributed by atoms with Gasteiger partial charge in [0.15, 0.2) is 0 Å². The van der Waals surface area contributed by atoms with Crippen molar-refractivity contribution in [2.24, 2.45) is 5.92 Å². The molecule has 0 spiro atoms. The highest BCUT2D eigenvalue weighted by atomic mass is 31.0. The molecule has 1 heterocycles. The number of hydrogen-bond donors (Lipinski definition) is 1. The molecule has 1 rings (SSSR count). The summed E-state index contributed by atoms with van der Waals surface area (Å²) in [7, 11) is 6.60. The Labute approximate surface area is 153 Å². The first-order valence-electron chi connectivity index (χ1n) is 9.08. The average molecular weight is 368 g/mol. The molecule has 0 bridgehead atoms. The Hall–Kier alpha value is -1.19. The summed E-state index contributed by atoms with van der Waals surface area (Å²) < 4.78 is 1.44. The van der Waals surface area contributed by atoms with Crippen molar-refractivity contribution >= 4 is 20.5 Å². The number of rotatable bonds is 10. The third-order valence-electron chi connectivity index (χ3n) is 4.40. The van der Waals surface area contributed by atoms with E-state index in [1.165, 1.54) is 4.57 Å². The summed E-state index contributed by atoms with van der Waals surface area (Å²) in [5, 5.41) is 10.3. The molecule has 6 heteroatoms. The zero-order valence-electron chi connectivity index (χ0n) is 16.2. The second-order valence-electron chi connectivity index (χ2n) is 7.40. The number of unbranched alkanes of at least 4 members (excludes halogenated alkanes) is 1. The van der Waals surface area contributed by atoms with Crippen LogP contribution in [0.2, 0.25) is 0 Å². The summed E-state index contributed by atoms with van der Waals surface area (Å²) in [6.45, 7) is 6.95. The van der Waals surface area contributed by atoms with Crippen LogP contribution in [-0.2, 0) is 17.6 Å². The van der Waals surface area contributed by atoms with E-state index >= 15 is 0 Å². The van der Waals surface area contributed by atoms with Crippen LogP contribution in [0.3, 0.4) is 0 Å². The lowest BCUT2D eigenvalue weighted by Crippen LogP contribution is -2.39. The predicted molar refractivity (Wildman–Crippen MR) is 107 cm³/mol. The molecule has 0 aliphatic carbocycles. The van der Waals surface area contributed by atoms with Crippen molar-refractivity contribution in [3.8, 4) is 0 Å². The molecule has 0 fully saturated rings. The number of carboxylic acid groups (broad SMARTS) is 1. The third-order valence-corrected chi connectivity index (χ3v) is 4.99. The minimum absolute atomic E-state index is 0.197. The molecule has 0 amide bonds. The van der Waals surface area contributed by atoms with Gasteiger partial charge in [0.2, 0.25) is 0 Å². The molecule has 25 heavy (non-hydrogen) atoms. The Morgan fingerprint density at radius 2 is 1.96 bits per heavy atom. The van der Waals surface area contributed by atoms with Gasteiger partial charge in [-0.2, -0.15) is 0 Å². The van der Waals surface area contributed by atoms with Crippen LogP contribution >= 0.6 is 9.24 Å². The van der Waals surface area contributed by atoms with E-state index < -0.39 is 12.0 Å². The van der Waals surface area contributed by atoms with E-state index in [-0.39, 0.29) is 11.5 Å². The van der Waals surface area contributed by atoms with Gasteiger partial charge in [0, 0.05) is 18.0 Å². The van der Waals surface area contributed by atoms with Crippen LogP contribution in [-0.4, -0.2) is 41.2 Å². The highest BCUT2D eigenvalue weighted by Crippen LogP contribution is 2.19. The van der Waals surface area contributed by atoms with E-state index in [4.69, 9.17) is 0 Å². The van der Waals surface area contributed by atoms with Gasteiger partial charge in [-0.25, -0.2) is 4.79 Å². The standard InChI is InChI=1S/C19H33N2O3P/c1-6-7-8-15-14(9-10-20(4)5)12-21(18(22)17(15)25)16(19(23)24)11-13(2)3/h12-13,16H,6-11,25H2,1-5H3,(H,23,24). The van der Waals surface area contributed by atoms with E-state index in [0.717, 1.165) is 43.4 Å². The molecule has 0 radical (unpaired) electrons. The number of pyridine rings is 1. The molecule has 0 saturated carbocycles. The van der Waals surface area contributed by atoms with Crippen molar-refractivity contribution in [2.75, 3.05) is 20.6 Å². The summed E-state index contributed by atoms with van der Waals surface area (Å²) in [6.07, 6.45) is 5.99. The molecule has 5 nitrogen and oxygen atoms in total. The first kappa shape index (κ1) is 21.9. The first-order valence-corrected chi connectivity index (χ1v) is 9.66. The van der Waals surface area contributed by atoms with Gasteiger partial charge in [-0.1, -0.05) is 36.4 Å². The van der Waals surface area contributed by atoms with Crippen molar-refractivity contribution in [2.45, 2.75) is 58.9 Å². The van der Waals surface area contributed by atoms with Gasteiger partial charge >= 0.3 is 5.97 Å². The van der Waals surface area contributed by atoms with Gasteiger partial charge in [-0.3, -0.25) is 4.79 Å².